The number of sulfonamides is 1. The molecule has 1 N–H and O–H groups in total. The summed E-state index contributed by atoms with van der Waals surface area (Å²) in [4.78, 5) is 27.7. The molecule has 0 spiro atoms. The summed E-state index contributed by atoms with van der Waals surface area (Å²) in [5.41, 5.74) is 2.99. The van der Waals surface area contributed by atoms with Crippen molar-refractivity contribution in [3.63, 3.8) is 0 Å². The van der Waals surface area contributed by atoms with Crippen molar-refractivity contribution in [2.24, 2.45) is 5.92 Å². The predicted molar refractivity (Wildman–Crippen MR) is 137 cm³/mol. The van der Waals surface area contributed by atoms with Crippen LogP contribution in [0.5, 0.6) is 0 Å². The van der Waals surface area contributed by atoms with E-state index < -0.39 is 28.5 Å². The number of nitrogens with zero attached hydrogens (tertiary/aromatic N) is 2. The molecule has 2 aromatic rings. The van der Waals surface area contributed by atoms with Gasteiger partial charge in [-0.25, -0.2) is 8.42 Å². The average molecular weight is 508 g/mol. The van der Waals surface area contributed by atoms with Gasteiger partial charge in [0.1, 0.15) is 12.6 Å². The number of nitrogens with one attached hydrogen (secondary N) is 1. The molecule has 186 valence electrons. The highest BCUT2D eigenvalue weighted by Crippen LogP contribution is 2.23. The maximum atomic E-state index is 13.5. The number of hydrogen-bond acceptors (Lipinski definition) is 4. The average Bonchev–Trinajstić information content (AvgIpc) is 2.75. The summed E-state index contributed by atoms with van der Waals surface area (Å²) in [5.74, 6) is -0.573. The van der Waals surface area contributed by atoms with Crippen LogP contribution in [0.15, 0.2) is 42.5 Å². The lowest BCUT2D eigenvalue weighted by molar-refractivity contribution is -0.139. The minimum atomic E-state index is -3.77. The van der Waals surface area contributed by atoms with Crippen molar-refractivity contribution in [2.75, 3.05) is 23.7 Å². The van der Waals surface area contributed by atoms with Crippen LogP contribution in [0.25, 0.3) is 0 Å². The van der Waals surface area contributed by atoms with Gasteiger partial charge in [-0.3, -0.25) is 13.9 Å². The Bertz CT molecular complexity index is 1130. The summed E-state index contributed by atoms with van der Waals surface area (Å²) in [6, 6.07) is 11.5. The monoisotopic (exact) mass is 507 g/mol. The minimum Gasteiger partial charge on any atom is -0.354 e. The lowest BCUT2D eigenvalue weighted by atomic mass is 10.1. The molecule has 0 fully saturated rings. The summed E-state index contributed by atoms with van der Waals surface area (Å²) in [6.07, 6.45) is 1.06. The molecule has 9 heteroatoms. The van der Waals surface area contributed by atoms with E-state index >= 15 is 0 Å². The Balaban J connectivity index is 2.40. The van der Waals surface area contributed by atoms with Crippen molar-refractivity contribution in [3.8, 4) is 0 Å². The first-order valence-corrected chi connectivity index (χ1v) is 13.4. The number of benzene rings is 2. The molecule has 2 amide bonds. The van der Waals surface area contributed by atoms with Crippen molar-refractivity contribution >= 4 is 39.1 Å². The van der Waals surface area contributed by atoms with Gasteiger partial charge < -0.3 is 10.2 Å². The van der Waals surface area contributed by atoms with Crippen LogP contribution in [0.4, 0.5) is 5.69 Å². The second kappa shape index (κ2) is 11.7. The highest BCUT2D eigenvalue weighted by atomic mass is 35.5. The molecule has 0 radical (unpaired) electrons. The van der Waals surface area contributed by atoms with Gasteiger partial charge in [0.2, 0.25) is 21.8 Å². The summed E-state index contributed by atoms with van der Waals surface area (Å²) in [6.45, 7) is 9.49. The van der Waals surface area contributed by atoms with E-state index in [-0.39, 0.29) is 18.4 Å². The highest BCUT2D eigenvalue weighted by molar-refractivity contribution is 7.92. The van der Waals surface area contributed by atoms with E-state index in [9.17, 15) is 18.0 Å². The van der Waals surface area contributed by atoms with Crippen molar-refractivity contribution in [1.82, 2.24) is 10.2 Å². The molecule has 0 unspecified atom stereocenters. The van der Waals surface area contributed by atoms with Crippen molar-refractivity contribution in [2.45, 2.75) is 47.2 Å². The summed E-state index contributed by atoms with van der Waals surface area (Å²) >= 11 is 6.32. The summed E-state index contributed by atoms with van der Waals surface area (Å²) in [7, 11) is -3.77. The molecule has 0 heterocycles. The molecule has 0 aliphatic heterocycles. The first kappa shape index (κ1) is 27.7. The Kier molecular flexibility index (Phi) is 9.53. The van der Waals surface area contributed by atoms with E-state index in [0.717, 1.165) is 21.7 Å². The fourth-order valence-electron chi connectivity index (χ4n) is 3.34. The molecular weight excluding hydrogens is 474 g/mol. The fourth-order valence-corrected chi connectivity index (χ4v) is 4.38. The Morgan fingerprint density at radius 1 is 1.03 bits per heavy atom. The van der Waals surface area contributed by atoms with Gasteiger partial charge in [0.25, 0.3) is 0 Å². The van der Waals surface area contributed by atoms with E-state index in [0.29, 0.717) is 22.8 Å². The summed E-state index contributed by atoms with van der Waals surface area (Å²) in [5, 5.41) is 3.31. The predicted octanol–water partition coefficient (Wildman–Crippen LogP) is 3.91. The number of carbonyl (C=O) groups is 2. The third-order valence-corrected chi connectivity index (χ3v) is 7.12. The van der Waals surface area contributed by atoms with Gasteiger partial charge in [-0.05, 0) is 61.6 Å². The van der Waals surface area contributed by atoms with Gasteiger partial charge in [0.15, 0.2) is 0 Å². The first-order chi connectivity index (χ1) is 15.8. The maximum Gasteiger partial charge on any atom is 0.244 e. The van der Waals surface area contributed by atoms with Crippen LogP contribution in [0.2, 0.25) is 5.02 Å². The number of carbonyl (C=O) groups excluding carboxylic acids is 2. The molecule has 1 atom stereocenters. The molecule has 0 saturated carbocycles. The largest absolute Gasteiger partial charge is 0.354 e. The van der Waals surface area contributed by atoms with Crippen LogP contribution < -0.4 is 9.62 Å². The van der Waals surface area contributed by atoms with Crippen LogP contribution in [0, 0.1) is 19.8 Å². The third-order valence-electron chi connectivity index (χ3n) is 5.61. The number of hydrogen-bond donors (Lipinski definition) is 1. The molecule has 0 aliphatic carbocycles. The topological polar surface area (TPSA) is 86.8 Å². The van der Waals surface area contributed by atoms with Gasteiger partial charge in [0.05, 0.1) is 11.9 Å². The van der Waals surface area contributed by atoms with E-state index in [1.165, 1.54) is 4.90 Å². The van der Waals surface area contributed by atoms with Gasteiger partial charge in [-0.15, -0.1) is 0 Å². The van der Waals surface area contributed by atoms with E-state index in [4.69, 9.17) is 11.6 Å². The van der Waals surface area contributed by atoms with Crippen LogP contribution in [0.3, 0.4) is 0 Å². The zero-order valence-electron chi connectivity index (χ0n) is 20.6. The van der Waals surface area contributed by atoms with Crippen LogP contribution >= 0.6 is 11.6 Å². The Labute approximate surface area is 208 Å². The molecule has 0 saturated heterocycles. The van der Waals surface area contributed by atoms with Gasteiger partial charge in [-0.2, -0.15) is 0 Å². The second-order valence-electron chi connectivity index (χ2n) is 8.97. The Hall–Kier alpha value is -2.58. The van der Waals surface area contributed by atoms with Gasteiger partial charge in [-0.1, -0.05) is 49.7 Å². The standard InChI is InChI=1S/C25H34ClN3O4S/c1-17(2)14-27-25(31)20(5)28(15-21-9-7-8-10-23(21)26)24(30)16-29(34(6,32)33)22-12-11-18(3)19(4)13-22/h7-13,17,20H,14-16H2,1-6H3,(H,27,31)/t20-/m1/s1. The molecule has 34 heavy (non-hydrogen) atoms. The smallest absolute Gasteiger partial charge is 0.244 e. The van der Waals surface area contributed by atoms with Crippen LogP contribution in [0.1, 0.15) is 37.5 Å². The van der Waals surface area contributed by atoms with E-state index in [2.05, 4.69) is 5.32 Å². The van der Waals surface area contributed by atoms with Crippen molar-refractivity contribution in [3.05, 3.63) is 64.2 Å². The normalized spacial score (nSPS) is 12.4. The minimum absolute atomic E-state index is 0.0687. The SMILES string of the molecule is Cc1ccc(N(CC(=O)N(Cc2ccccc2Cl)[C@H](C)C(=O)NCC(C)C)S(C)(=O)=O)cc1C. The molecule has 0 aromatic heterocycles. The number of anilines is 1. The maximum absolute atomic E-state index is 13.5. The van der Waals surface area contributed by atoms with Crippen molar-refractivity contribution in [1.29, 1.82) is 0 Å². The highest BCUT2D eigenvalue weighted by Gasteiger charge is 2.30. The number of amides is 2. The Morgan fingerprint density at radius 3 is 2.24 bits per heavy atom. The Morgan fingerprint density at radius 2 is 1.68 bits per heavy atom. The van der Waals surface area contributed by atoms with Crippen LogP contribution in [-0.4, -0.2) is 50.5 Å². The second-order valence-corrected chi connectivity index (χ2v) is 11.3. The molecule has 0 aliphatic rings. The van der Waals surface area contributed by atoms with Gasteiger partial charge in [0, 0.05) is 18.1 Å². The van der Waals surface area contributed by atoms with Crippen molar-refractivity contribution < 1.29 is 18.0 Å². The zero-order valence-corrected chi connectivity index (χ0v) is 22.2. The molecular formula is C25H34ClN3O4S. The zero-order chi connectivity index (χ0) is 25.6. The number of halogens is 1. The van der Waals surface area contributed by atoms with E-state index in [1.807, 2.05) is 33.8 Å². The first-order valence-electron chi connectivity index (χ1n) is 11.2. The lowest BCUT2D eigenvalue weighted by Gasteiger charge is -2.32. The quantitative estimate of drug-likeness (QED) is 0.528. The molecule has 2 rings (SSSR count). The molecule has 2 aromatic carbocycles. The summed E-state index contributed by atoms with van der Waals surface area (Å²) < 4.78 is 26.3. The lowest BCUT2D eigenvalue weighted by Crippen LogP contribution is -2.51. The third kappa shape index (κ3) is 7.46. The number of aryl methyl sites for hydroxylation is 2. The molecule has 0 bridgehead atoms. The fraction of sp³-hybridized carbons (Fsp3) is 0.440. The van der Waals surface area contributed by atoms with E-state index in [1.54, 1.807) is 43.3 Å². The molecule has 7 nitrogen and oxygen atoms in total. The number of rotatable bonds is 10. The van der Waals surface area contributed by atoms with Gasteiger partial charge >= 0.3 is 0 Å². The van der Waals surface area contributed by atoms with Crippen LogP contribution in [-0.2, 0) is 26.2 Å².